The molecule has 1 atom stereocenters. The highest BCUT2D eigenvalue weighted by atomic mass is 35.5. The lowest BCUT2D eigenvalue weighted by Crippen LogP contribution is -2.12. The Bertz CT molecular complexity index is 354. The standard InChI is InChI=1S/C10H11Cl2NS/c11-7-1-2-8(12)10-6(7)5-14-4-3-9(10)13/h1-2,9H,3-5,13H2. The molecule has 0 saturated carbocycles. The molecule has 0 aromatic heterocycles. The van der Waals surface area contributed by atoms with Gasteiger partial charge in [-0.2, -0.15) is 11.8 Å². The highest BCUT2D eigenvalue weighted by molar-refractivity contribution is 7.98. The highest BCUT2D eigenvalue weighted by Crippen LogP contribution is 2.37. The minimum Gasteiger partial charge on any atom is -0.324 e. The quantitative estimate of drug-likeness (QED) is 0.758. The van der Waals surface area contributed by atoms with E-state index in [-0.39, 0.29) is 6.04 Å². The van der Waals surface area contributed by atoms with Crippen molar-refractivity contribution >= 4 is 35.0 Å². The summed E-state index contributed by atoms with van der Waals surface area (Å²) < 4.78 is 0. The molecule has 2 N–H and O–H groups in total. The van der Waals surface area contributed by atoms with Gasteiger partial charge in [-0.25, -0.2) is 0 Å². The van der Waals surface area contributed by atoms with Crippen LogP contribution in [0.5, 0.6) is 0 Å². The summed E-state index contributed by atoms with van der Waals surface area (Å²) in [5.74, 6) is 1.99. The molecule has 14 heavy (non-hydrogen) atoms. The topological polar surface area (TPSA) is 26.0 Å². The number of nitrogens with two attached hydrogens (primary N) is 1. The number of thioether (sulfide) groups is 1. The summed E-state index contributed by atoms with van der Waals surface area (Å²) in [6.45, 7) is 0. The molecule has 1 aliphatic rings. The van der Waals surface area contributed by atoms with Gasteiger partial charge in [0, 0.05) is 21.8 Å². The first kappa shape index (κ1) is 10.6. The summed E-state index contributed by atoms with van der Waals surface area (Å²) in [5.41, 5.74) is 8.22. The first-order valence-electron chi connectivity index (χ1n) is 4.50. The third-order valence-corrected chi connectivity index (χ3v) is 4.14. The van der Waals surface area contributed by atoms with Crippen LogP contribution < -0.4 is 5.73 Å². The van der Waals surface area contributed by atoms with Crippen LogP contribution in [0, 0.1) is 0 Å². The van der Waals surface area contributed by atoms with E-state index in [1.165, 1.54) is 0 Å². The zero-order valence-electron chi connectivity index (χ0n) is 7.59. The third-order valence-electron chi connectivity index (χ3n) is 2.44. The number of hydrogen-bond acceptors (Lipinski definition) is 2. The Morgan fingerprint density at radius 2 is 2.00 bits per heavy atom. The van der Waals surface area contributed by atoms with Gasteiger partial charge in [-0.05, 0) is 35.4 Å². The minimum atomic E-state index is 0.0335. The monoisotopic (exact) mass is 247 g/mol. The fourth-order valence-corrected chi connectivity index (χ4v) is 3.39. The summed E-state index contributed by atoms with van der Waals surface area (Å²) in [4.78, 5) is 0. The molecule has 0 spiro atoms. The van der Waals surface area contributed by atoms with Gasteiger partial charge < -0.3 is 5.73 Å². The lowest BCUT2D eigenvalue weighted by atomic mass is 10.00. The Labute approximate surface area is 98.0 Å². The van der Waals surface area contributed by atoms with Gasteiger partial charge in [0.05, 0.1) is 0 Å². The van der Waals surface area contributed by atoms with Gasteiger partial charge >= 0.3 is 0 Å². The largest absolute Gasteiger partial charge is 0.324 e. The molecule has 0 radical (unpaired) electrons. The molecule has 0 bridgehead atoms. The van der Waals surface area contributed by atoms with Gasteiger partial charge in [-0.1, -0.05) is 23.2 Å². The van der Waals surface area contributed by atoms with Crippen molar-refractivity contribution < 1.29 is 0 Å². The van der Waals surface area contributed by atoms with Crippen LogP contribution in [0.1, 0.15) is 23.6 Å². The van der Waals surface area contributed by atoms with E-state index in [9.17, 15) is 0 Å². The van der Waals surface area contributed by atoms with Crippen molar-refractivity contribution in [1.29, 1.82) is 0 Å². The van der Waals surface area contributed by atoms with Crippen molar-refractivity contribution in [3.8, 4) is 0 Å². The van der Waals surface area contributed by atoms with Crippen LogP contribution in [0.15, 0.2) is 12.1 Å². The van der Waals surface area contributed by atoms with Crippen LogP contribution in [-0.4, -0.2) is 5.75 Å². The number of fused-ring (bicyclic) bond motifs is 1. The van der Waals surface area contributed by atoms with E-state index in [1.807, 2.05) is 23.9 Å². The fraction of sp³-hybridized carbons (Fsp3) is 0.400. The lowest BCUT2D eigenvalue weighted by molar-refractivity contribution is 0.706. The molecule has 1 aliphatic heterocycles. The van der Waals surface area contributed by atoms with Crippen molar-refractivity contribution in [2.24, 2.45) is 5.73 Å². The van der Waals surface area contributed by atoms with E-state index >= 15 is 0 Å². The molecular weight excluding hydrogens is 237 g/mol. The molecule has 4 heteroatoms. The number of benzene rings is 1. The molecule has 0 amide bonds. The van der Waals surface area contributed by atoms with E-state index in [0.29, 0.717) is 0 Å². The second-order valence-electron chi connectivity index (χ2n) is 3.37. The highest BCUT2D eigenvalue weighted by Gasteiger charge is 2.20. The number of hydrogen-bond donors (Lipinski definition) is 1. The summed E-state index contributed by atoms with van der Waals surface area (Å²) >= 11 is 14.1. The van der Waals surface area contributed by atoms with Gasteiger partial charge in [0.1, 0.15) is 0 Å². The smallest absolute Gasteiger partial charge is 0.0457 e. The first-order chi connectivity index (χ1) is 6.70. The Morgan fingerprint density at radius 1 is 1.29 bits per heavy atom. The Hall–Kier alpha value is 0.110. The van der Waals surface area contributed by atoms with E-state index in [0.717, 1.165) is 39.1 Å². The average molecular weight is 248 g/mol. The molecule has 1 heterocycles. The Morgan fingerprint density at radius 3 is 2.79 bits per heavy atom. The van der Waals surface area contributed by atoms with Crippen LogP contribution in [0.4, 0.5) is 0 Å². The lowest BCUT2D eigenvalue weighted by Gasteiger charge is -2.14. The molecular formula is C10H11Cl2NS. The van der Waals surface area contributed by atoms with Crippen LogP contribution in [-0.2, 0) is 5.75 Å². The fourth-order valence-electron chi connectivity index (χ4n) is 1.69. The predicted molar refractivity (Wildman–Crippen MR) is 64.2 cm³/mol. The summed E-state index contributed by atoms with van der Waals surface area (Å²) in [7, 11) is 0. The predicted octanol–water partition coefficient (Wildman–Crippen LogP) is 3.63. The van der Waals surface area contributed by atoms with Gasteiger partial charge in [0.15, 0.2) is 0 Å². The molecule has 0 saturated heterocycles. The summed E-state index contributed by atoms with van der Waals surface area (Å²) in [5, 5.41) is 1.54. The van der Waals surface area contributed by atoms with Crippen molar-refractivity contribution in [3.05, 3.63) is 33.3 Å². The normalized spacial score (nSPS) is 21.5. The zero-order valence-corrected chi connectivity index (χ0v) is 9.92. The van der Waals surface area contributed by atoms with Crippen molar-refractivity contribution in [3.63, 3.8) is 0 Å². The van der Waals surface area contributed by atoms with Gasteiger partial charge in [-0.15, -0.1) is 0 Å². The summed E-state index contributed by atoms with van der Waals surface area (Å²) in [6.07, 6.45) is 0.970. The van der Waals surface area contributed by atoms with Crippen LogP contribution in [0.25, 0.3) is 0 Å². The molecule has 2 rings (SSSR count). The second-order valence-corrected chi connectivity index (χ2v) is 5.29. The number of rotatable bonds is 0. The molecule has 76 valence electrons. The maximum absolute atomic E-state index is 6.13. The number of halogens is 2. The van der Waals surface area contributed by atoms with E-state index in [4.69, 9.17) is 28.9 Å². The van der Waals surface area contributed by atoms with Crippen molar-refractivity contribution in [2.45, 2.75) is 18.2 Å². The second kappa shape index (κ2) is 4.31. The Kier molecular flexibility index (Phi) is 3.27. The van der Waals surface area contributed by atoms with Crippen LogP contribution in [0.3, 0.4) is 0 Å². The van der Waals surface area contributed by atoms with Crippen LogP contribution in [0.2, 0.25) is 10.0 Å². The zero-order chi connectivity index (χ0) is 10.1. The molecule has 1 unspecified atom stereocenters. The molecule has 0 fully saturated rings. The van der Waals surface area contributed by atoms with E-state index in [1.54, 1.807) is 0 Å². The minimum absolute atomic E-state index is 0.0335. The van der Waals surface area contributed by atoms with E-state index in [2.05, 4.69) is 0 Å². The summed E-state index contributed by atoms with van der Waals surface area (Å²) in [6, 6.07) is 3.71. The molecule has 1 nitrogen and oxygen atoms in total. The molecule has 1 aromatic rings. The van der Waals surface area contributed by atoms with E-state index < -0.39 is 0 Å². The first-order valence-corrected chi connectivity index (χ1v) is 6.41. The Balaban J connectivity index is 2.57. The maximum Gasteiger partial charge on any atom is 0.0457 e. The van der Waals surface area contributed by atoms with Gasteiger partial charge in [0.25, 0.3) is 0 Å². The maximum atomic E-state index is 6.13. The molecule has 1 aromatic carbocycles. The van der Waals surface area contributed by atoms with Gasteiger partial charge in [-0.3, -0.25) is 0 Å². The van der Waals surface area contributed by atoms with Crippen molar-refractivity contribution in [1.82, 2.24) is 0 Å². The van der Waals surface area contributed by atoms with Gasteiger partial charge in [0.2, 0.25) is 0 Å². The van der Waals surface area contributed by atoms with Crippen molar-refractivity contribution in [2.75, 3.05) is 5.75 Å². The SMILES string of the molecule is NC1CCSCc2c(Cl)ccc(Cl)c21. The molecule has 0 aliphatic carbocycles. The third kappa shape index (κ3) is 1.89. The van der Waals surface area contributed by atoms with Crippen LogP contribution >= 0.6 is 35.0 Å². The average Bonchev–Trinajstić information content (AvgIpc) is 2.35.